The Hall–Kier alpha value is -0.220. The Balaban J connectivity index is 2.39. The minimum absolute atomic E-state index is 0.0809. The predicted octanol–water partition coefficient (Wildman–Crippen LogP) is 1.60. The molecule has 0 aromatic carbocycles. The molecule has 2 saturated carbocycles. The number of carbonyl (C=O) groups is 1. The Bertz CT molecular complexity index is 310. The van der Waals surface area contributed by atoms with Gasteiger partial charge in [0.25, 0.3) is 0 Å². The van der Waals surface area contributed by atoms with Crippen LogP contribution in [0.4, 0.5) is 0 Å². The molecule has 0 spiro atoms. The summed E-state index contributed by atoms with van der Waals surface area (Å²) in [6.07, 6.45) is 2.45. The molecule has 80 valence electrons. The zero-order chi connectivity index (χ0) is 10.6. The van der Waals surface area contributed by atoms with Gasteiger partial charge in [-0.1, -0.05) is 13.8 Å². The third-order valence-corrected chi connectivity index (χ3v) is 5.25. The van der Waals surface area contributed by atoms with Crippen LogP contribution >= 0.6 is 0 Å². The summed E-state index contributed by atoms with van der Waals surface area (Å²) >= 11 is -1.86. The lowest BCUT2D eigenvalue weighted by Crippen LogP contribution is -2.40. The number of hydrogen-bond acceptors (Lipinski definition) is 2. The van der Waals surface area contributed by atoms with Crippen molar-refractivity contribution in [2.24, 2.45) is 16.7 Å². The van der Waals surface area contributed by atoms with E-state index in [9.17, 15) is 9.00 Å². The number of rotatable bonds is 2. The molecule has 0 saturated heterocycles. The fourth-order valence-corrected chi connectivity index (χ4v) is 4.42. The predicted molar refractivity (Wildman–Crippen MR) is 54.2 cm³/mol. The average molecular weight is 216 g/mol. The number of ketones is 1. The van der Waals surface area contributed by atoms with Crippen LogP contribution in [0.25, 0.3) is 0 Å². The third-order valence-electron chi connectivity index (χ3n) is 4.51. The van der Waals surface area contributed by atoms with E-state index < -0.39 is 16.5 Å². The average Bonchev–Trinajstić information content (AvgIpc) is 2.36. The molecule has 3 atom stereocenters. The van der Waals surface area contributed by atoms with Crippen LogP contribution in [0.15, 0.2) is 0 Å². The molecule has 2 unspecified atom stereocenters. The van der Waals surface area contributed by atoms with Crippen molar-refractivity contribution >= 4 is 16.9 Å². The lowest BCUT2D eigenvalue weighted by atomic mass is 9.70. The van der Waals surface area contributed by atoms with Crippen LogP contribution in [0.3, 0.4) is 0 Å². The molecule has 2 aliphatic rings. The van der Waals surface area contributed by atoms with Crippen molar-refractivity contribution in [3.05, 3.63) is 0 Å². The molecule has 2 rings (SSSR count). The summed E-state index contributed by atoms with van der Waals surface area (Å²) in [5.74, 6) is 0.773. The monoisotopic (exact) mass is 216 g/mol. The van der Waals surface area contributed by atoms with E-state index in [0.29, 0.717) is 12.3 Å². The highest BCUT2D eigenvalue weighted by molar-refractivity contribution is 7.79. The van der Waals surface area contributed by atoms with Crippen molar-refractivity contribution in [2.45, 2.75) is 33.1 Å². The van der Waals surface area contributed by atoms with Crippen molar-refractivity contribution in [3.63, 3.8) is 0 Å². The maximum Gasteiger partial charge on any atom is 0.153 e. The fraction of sp³-hybridized carbons (Fsp3) is 0.900. The highest BCUT2D eigenvalue weighted by Crippen LogP contribution is 2.63. The van der Waals surface area contributed by atoms with Crippen molar-refractivity contribution < 1.29 is 13.6 Å². The quantitative estimate of drug-likeness (QED) is 0.713. The first-order valence-electron chi connectivity index (χ1n) is 5.01. The van der Waals surface area contributed by atoms with E-state index in [0.717, 1.165) is 12.8 Å². The maximum atomic E-state index is 11.9. The van der Waals surface area contributed by atoms with Gasteiger partial charge in [-0.25, -0.2) is 4.21 Å². The van der Waals surface area contributed by atoms with E-state index in [1.54, 1.807) is 0 Å². The van der Waals surface area contributed by atoms with Crippen LogP contribution in [0.5, 0.6) is 0 Å². The van der Waals surface area contributed by atoms with Gasteiger partial charge >= 0.3 is 0 Å². The van der Waals surface area contributed by atoms with E-state index >= 15 is 0 Å². The molecule has 0 heterocycles. The Morgan fingerprint density at radius 1 is 1.57 bits per heavy atom. The van der Waals surface area contributed by atoms with Crippen LogP contribution in [-0.2, 0) is 15.9 Å². The Morgan fingerprint density at radius 3 is 2.57 bits per heavy atom. The van der Waals surface area contributed by atoms with E-state index in [1.807, 2.05) is 0 Å². The zero-order valence-electron chi connectivity index (χ0n) is 8.58. The summed E-state index contributed by atoms with van der Waals surface area (Å²) in [4.78, 5) is 11.9. The van der Waals surface area contributed by atoms with Gasteiger partial charge in [-0.05, 0) is 24.2 Å². The summed E-state index contributed by atoms with van der Waals surface area (Å²) in [6.45, 7) is 4.14. The van der Waals surface area contributed by atoms with Crippen molar-refractivity contribution in [1.82, 2.24) is 0 Å². The standard InChI is InChI=1S/C10H16O3S/c1-9(2)7-3-4-10(9,6-14(12)13)8(11)5-7/h7H,3-6H2,1-2H3,(H,12,13)/t7-,10?/m0/s1. The normalized spacial score (nSPS) is 41.6. The lowest BCUT2D eigenvalue weighted by Gasteiger charge is -2.35. The number of Topliss-reactive ketones (excluding diaryl/α,β-unsaturated/α-hetero) is 1. The van der Waals surface area contributed by atoms with Gasteiger partial charge in [0.05, 0.1) is 5.75 Å². The Morgan fingerprint density at radius 2 is 2.21 bits per heavy atom. The maximum absolute atomic E-state index is 11.9. The van der Waals surface area contributed by atoms with Gasteiger partial charge in [-0.3, -0.25) is 4.79 Å². The molecule has 0 amide bonds. The molecule has 0 radical (unpaired) electrons. The van der Waals surface area contributed by atoms with Crippen molar-refractivity contribution in [2.75, 3.05) is 5.75 Å². The topological polar surface area (TPSA) is 54.4 Å². The van der Waals surface area contributed by atoms with Gasteiger partial charge in [0.15, 0.2) is 11.1 Å². The van der Waals surface area contributed by atoms with E-state index in [4.69, 9.17) is 4.55 Å². The third kappa shape index (κ3) is 1.07. The molecule has 4 heteroatoms. The second kappa shape index (κ2) is 2.89. The first kappa shape index (κ1) is 10.3. The fourth-order valence-electron chi connectivity index (χ4n) is 3.32. The molecular formula is C10H16O3S. The van der Waals surface area contributed by atoms with Crippen molar-refractivity contribution in [1.29, 1.82) is 0 Å². The summed E-state index contributed by atoms with van der Waals surface area (Å²) in [5, 5.41) is 0. The largest absolute Gasteiger partial charge is 0.306 e. The molecule has 1 N–H and O–H groups in total. The van der Waals surface area contributed by atoms with Crippen LogP contribution in [-0.4, -0.2) is 20.3 Å². The summed E-state index contributed by atoms with van der Waals surface area (Å²) in [5.41, 5.74) is -0.584. The van der Waals surface area contributed by atoms with E-state index in [2.05, 4.69) is 13.8 Å². The minimum atomic E-state index is -1.86. The van der Waals surface area contributed by atoms with Crippen LogP contribution in [0, 0.1) is 16.7 Å². The summed E-state index contributed by atoms with van der Waals surface area (Å²) < 4.78 is 19.9. The molecule has 14 heavy (non-hydrogen) atoms. The molecular weight excluding hydrogens is 200 g/mol. The SMILES string of the molecule is CC1(C)[C@H]2CCC1(CS(=O)O)C(=O)C2. The van der Waals surface area contributed by atoms with Crippen LogP contribution < -0.4 is 0 Å². The van der Waals surface area contributed by atoms with Gasteiger partial charge in [0.2, 0.25) is 0 Å². The number of fused-ring (bicyclic) bond motifs is 2. The molecule has 2 bridgehead atoms. The summed E-state index contributed by atoms with van der Waals surface area (Å²) in [7, 11) is 0. The van der Waals surface area contributed by atoms with Crippen LogP contribution in [0.1, 0.15) is 33.1 Å². The smallest absolute Gasteiger partial charge is 0.153 e. The van der Waals surface area contributed by atoms with Gasteiger partial charge in [0.1, 0.15) is 5.78 Å². The minimum Gasteiger partial charge on any atom is -0.306 e. The number of hydrogen-bond donors (Lipinski definition) is 1. The van der Waals surface area contributed by atoms with Gasteiger partial charge in [-0.2, -0.15) is 0 Å². The molecule has 0 aliphatic heterocycles. The highest BCUT2D eigenvalue weighted by atomic mass is 32.2. The van der Waals surface area contributed by atoms with Gasteiger partial charge in [-0.15, -0.1) is 0 Å². The molecule has 0 aromatic rings. The molecule has 3 nitrogen and oxygen atoms in total. The number of carbonyl (C=O) groups excluding carboxylic acids is 1. The highest BCUT2D eigenvalue weighted by Gasteiger charge is 2.64. The lowest BCUT2D eigenvalue weighted by molar-refractivity contribution is -0.128. The zero-order valence-corrected chi connectivity index (χ0v) is 9.39. The molecule has 0 aromatic heterocycles. The Kier molecular flexibility index (Phi) is 2.13. The van der Waals surface area contributed by atoms with Gasteiger partial charge in [0, 0.05) is 11.8 Å². The summed E-state index contributed by atoms with van der Waals surface area (Å²) in [6, 6.07) is 0. The van der Waals surface area contributed by atoms with Crippen molar-refractivity contribution in [3.8, 4) is 0 Å². The van der Waals surface area contributed by atoms with E-state index in [1.165, 1.54) is 0 Å². The second-order valence-corrected chi connectivity index (χ2v) is 6.06. The Labute approximate surface area is 86.6 Å². The van der Waals surface area contributed by atoms with Gasteiger partial charge < -0.3 is 4.55 Å². The first-order valence-corrected chi connectivity index (χ1v) is 6.28. The second-order valence-electron chi connectivity index (χ2n) is 5.13. The molecule has 2 aliphatic carbocycles. The van der Waals surface area contributed by atoms with E-state index in [-0.39, 0.29) is 17.0 Å². The molecule has 2 fully saturated rings. The first-order chi connectivity index (χ1) is 6.40. The van der Waals surface area contributed by atoms with Crippen LogP contribution in [0.2, 0.25) is 0 Å².